The molecule has 0 aromatic heterocycles. The van der Waals surface area contributed by atoms with Crippen LogP contribution in [0.5, 0.6) is 5.75 Å². The molecule has 3 aromatic rings. The van der Waals surface area contributed by atoms with Crippen LogP contribution < -0.4 is 20.7 Å². The van der Waals surface area contributed by atoms with Crippen molar-refractivity contribution in [3.8, 4) is 5.75 Å². The zero-order valence-corrected chi connectivity index (χ0v) is 18.9. The fourth-order valence-corrected chi connectivity index (χ4v) is 3.28. The van der Waals surface area contributed by atoms with Crippen molar-refractivity contribution in [1.82, 2.24) is 10.6 Å². The number of alkyl halides is 3. The van der Waals surface area contributed by atoms with E-state index in [2.05, 4.69) is 16.0 Å². The van der Waals surface area contributed by atoms with Gasteiger partial charge in [-0.3, -0.25) is 4.79 Å². The number of benzene rings is 3. The molecule has 1 amide bonds. The summed E-state index contributed by atoms with van der Waals surface area (Å²) >= 11 is 23.5. The first-order chi connectivity index (χ1) is 14.3. The third-order valence-electron chi connectivity index (χ3n) is 4.24. The first-order valence-electron chi connectivity index (χ1n) is 8.84. The molecule has 0 spiro atoms. The molecular weight excluding hydrogens is 465 g/mol. The van der Waals surface area contributed by atoms with Gasteiger partial charge in [-0.1, -0.05) is 65.1 Å². The molecule has 9 heteroatoms. The van der Waals surface area contributed by atoms with Crippen molar-refractivity contribution < 1.29 is 9.53 Å². The van der Waals surface area contributed by atoms with Crippen molar-refractivity contribution in [2.75, 3.05) is 12.4 Å². The highest BCUT2D eigenvalue weighted by atomic mass is 35.6. The van der Waals surface area contributed by atoms with Gasteiger partial charge in [0.25, 0.3) is 5.91 Å². The van der Waals surface area contributed by atoms with Crippen LogP contribution in [-0.2, 0) is 0 Å². The second kappa shape index (κ2) is 9.71. The molecule has 5 nitrogen and oxygen atoms in total. The van der Waals surface area contributed by atoms with Gasteiger partial charge in [-0.15, -0.1) is 0 Å². The SMILES string of the molecule is COc1ccc(C(=O)N[C@H](NC(=S)Nc2ccc3ccccc3c2)C(Cl)(Cl)Cl)cc1. The average molecular weight is 483 g/mol. The Morgan fingerprint density at radius 3 is 2.27 bits per heavy atom. The minimum Gasteiger partial charge on any atom is -0.497 e. The van der Waals surface area contributed by atoms with E-state index in [0.717, 1.165) is 16.5 Å². The van der Waals surface area contributed by atoms with Crippen molar-refractivity contribution in [1.29, 1.82) is 0 Å². The number of anilines is 1. The van der Waals surface area contributed by atoms with Crippen LogP contribution in [0.4, 0.5) is 5.69 Å². The fraction of sp³-hybridized carbons (Fsp3) is 0.143. The third-order valence-corrected chi connectivity index (χ3v) is 5.11. The largest absolute Gasteiger partial charge is 0.497 e. The van der Waals surface area contributed by atoms with E-state index in [9.17, 15) is 4.79 Å². The van der Waals surface area contributed by atoms with Crippen LogP contribution in [0.2, 0.25) is 0 Å². The summed E-state index contributed by atoms with van der Waals surface area (Å²) in [5, 5.41) is 10.9. The zero-order chi connectivity index (χ0) is 21.7. The molecule has 3 N–H and O–H groups in total. The molecule has 3 aromatic carbocycles. The molecule has 0 radical (unpaired) electrons. The number of amides is 1. The summed E-state index contributed by atoms with van der Waals surface area (Å²) in [7, 11) is 1.54. The monoisotopic (exact) mass is 481 g/mol. The van der Waals surface area contributed by atoms with Crippen LogP contribution in [0.1, 0.15) is 10.4 Å². The third kappa shape index (κ3) is 5.89. The van der Waals surface area contributed by atoms with Crippen LogP contribution in [0.25, 0.3) is 10.8 Å². The fourth-order valence-electron chi connectivity index (χ4n) is 2.72. The Hall–Kier alpha value is -2.25. The van der Waals surface area contributed by atoms with Crippen molar-refractivity contribution in [2.24, 2.45) is 0 Å². The summed E-state index contributed by atoms with van der Waals surface area (Å²) in [5.41, 5.74) is 1.14. The lowest BCUT2D eigenvalue weighted by Gasteiger charge is -2.27. The van der Waals surface area contributed by atoms with Gasteiger partial charge in [-0.2, -0.15) is 0 Å². The Balaban J connectivity index is 1.68. The number of ether oxygens (including phenoxy) is 1. The maximum atomic E-state index is 12.6. The number of hydrogen-bond acceptors (Lipinski definition) is 3. The normalized spacial score (nSPS) is 12.1. The Bertz CT molecular complexity index is 1060. The predicted octanol–water partition coefficient (Wildman–Crippen LogP) is 5.26. The molecule has 30 heavy (non-hydrogen) atoms. The molecule has 0 saturated heterocycles. The number of nitrogens with one attached hydrogen (secondary N) is 3. The van der Waals surface area contributed by atoms with Crippen molar-refractivity contribution >= 4 is 74.5 Å². The van der Waals surface area contributed by atoms with Gasteiger partial charge in [0.05, 0.1) is 7.11 Å². The lowest BCUT2D eigenvalue weighted by Crippen LogP contribution is -2.56. The number of carbonyl (C=O) groups is 1. The number of hydrogen-bond donors (Lipinski definition) is 3. The maximum absolute atomic E-state index is 12.6. The summed E-state index contributed by atoms with van der Waals surface area (Å²) < 4.78 is 3.24. The Kier molecular flexibility index (Phi) is 7.26. The quantitative estimate of drug-likeness (QED) is 0.263. The lowest BCUT2D eigenvalue weighted by molar-refractivity contribution is 0.0934. The Morgan fingerprint density at radius 1 is 0.967 bits per heavy atom. The highest BCUT2D eigenvalue weighted by Gasteiger charge is 2.34. The van der Waals surface area contributed by atoms with Gasteiger partial charge in [0.15, 0.2) is 5.11 Å². The molecule has 0 fully saturated rings. The molecule has 3 rings (SSSR count). The molecule has 0 heterocycles. The van der Waals surface area contributed by atoms with Crippen molar-refractivity contribution in [3.63, 3.8) is 0 Å². The van der Waals surface area contributed by atoms with E-state index >= 15 is 0 Å². The minimum absolute atomic E-state index is 0.191. The molecule has 156 valence electrons. The molecular formula is C21H18Cl3N3O2S. The van der Waals surface area contributed by atoms with E-state index in [4.69, 9.17) is 51.8 Å². The topological polar surface area (TPSA) is 62.4 Å². The van der Waals surface area contributed by atoms with Crippen LogP contribution in [0.15, 0.2) is 66.7 Å². The van der Waals surface area contributed by atoms with Gasteiger partial charge < -0.3 is 20.7 Å². The Labute approximate surface area is 194 Å². The predicted molar refractivity (Wildman–Crippen MR) is 128 cm³/mol. The molecule has 0 aliphatic rings. The van der Waals surface area contributed by atoms with E-state index in [1.54, 1.807) is 31.4 Å². The highest BCUT2D eigenvalue weighted by Crippen LogP contribution is 2.29. The number of methoxy groups -OCH3 is 1. The highest BCUT2D eigenvalue weighted by molar-refractivity contribution is 7.80. The summed E-state index contributed by atoms with van der Waals surface area (Å²) in [4.78, 5) is 12.6. The van der Waals surface area contributed by atoms with Crippen molar-refractivity contribution in [2.45, 2.75) is 9.96 Å². The Morgan fingerprint density at radius 2 is 1.63 bits per heavy atom. The van der Waals surface area contributed by atoms with Gasteiger partial charge in [0, 0.05) is 11.3 Å². The first-order valence-corrected chi connectivity index (χ1v) is 10.4. The van der Waals surface area contributed by atoms with E-state index < -0.39 is 15.9 Å². The van der Waals surface area contributed by atoms with Gasteiger partial charge in [0.1, 0.15) is 11.9 Å². The molecule has 0 unspecified atom stereocenters. The van der Waals surface area contributed by atoms with Crippen LogP contribution in [-0.4, -0.2) is 28.1 Å². The van der Waals surface area contributed by atoms with Crippen molar-refractivity contribution in [3.05, 3.63) is 72.3 Å². The number of halogens is 3. The van der Waals surface area contributed by atoms with E-state index in [1.807, 2.05) is 42.5 Å². The lowest BCUT2D eigenvalue weighted by atomic mass is 10.1. The van der Waals surface area contributed by atoms with E-state index in [-0.39, 0.29) is 5.11 Å². The summed E-state index contributed by atoms with van der Waals surface area (Å²) in [5.74, 6) is 0.193. The van der Waals surface area contributed by atoms with Gasteiger partial charge >= 0.3 is 0 Å². The van der Waals surface area contributed by atoms with Crippen LogP contribution >= 0.6 is 47.0 Å². The molecule has 0 aliphatic carbocycles. The number of fused-ring (bicyclic) bond motifs is 1. The number of rotatable bonds is 5. The summed E-state index contributed by atoms with van der Waals surface area (Å²) in [6.45, 7) is 0. The second-order valence-corrected chi connectivity index (χ2v) is 9.11. The van der Waals surface area contributed by atoms with Crippen LogP contribution in [0, 0.1) is 0 Å². The molecule has 0 bridgehead atoms. The number of thiocarbonyl (C=S) groups is 1. The van der Waals surface area contributed by atoms with Crippen LogP contribution in [0.3, 0.4) is 0 Å². The standard InChI is InChI=1S/C21H18Cl3N3O2S/c1-29-17-10-7-14(8-11-17)18(28)26-19(21(22,23)24)27-20(30)25-16-9-6-13-4-2-3-5-15(13)12-16/h2-12,19H,1H3,(H,26,28)(H2,25,27,30)/t19-/m1/s1. The second-order valence-electron chi connectivity index (χ2n) is 6.34. The number of carbonyl (C=O) groups excluding carboxylic acids is 1. The average Bonchev–Trinajstić information content (AvgIpc) is 2.72. The molecule has 0 saturated carbocycles. The molecule has 0 aliphatic heterocycles. The van der Waals surface area contributed by atoms with Gasteiger partial charge in [-0.05, 0) is 59.4 Å². The smallest absolute Gasteiger partial charge is 0.252 e. The first kappa shape index (κ1) is 22.4. The zero-order valence-electron chi connectivity index (χ0n) is 15.8. The maximum Gasteiger partial charge on any atom is 0.252 e. The van der Waals surface area contributed by atoms with E-state index in [0.29, 0.717) is 11.3 Å². The van der Waals surface area contributed by atoms with Gasteiger partial charge in [0.2, 0.25) is 3.79 Å². The summed E-state index contributed by atoms with van der Waals surface area (Å²) in [6, 6.07) is 20.3. The van der Waals surface area contributed by atoms with E-state index in [1.165, 1.54) is 0 Å². The van der Waals surface area contributed by atoms with Gasteiger partial charge in [-0.25, -0.2) is 0 Å². The minimum atomic E-state index is -1.85. The molecule has 1 atom stereocenters. The summed E-state index contributed by atoms with van der Waals surface area (Å²) in [6.07, 6.45) is -1.07.